The van der Waals surface area contributed by atoms with Gasteiger partial charge in [0.05, 0.1) is 6.42 Å². The molecule has 106 valence electrons. The van der Waals surface area contributed by atoms with Crippen LogP contribution in [0.2, 0.25) is 0 Å². The van der Waals surface area contributed by atoms with Crippen molar-refractivity contribution in [2.45, 2.75) is 19.4 Å². The molecule has 0 spiro atoms. The Hall–Kier alpha value is -1.20. The third-order valence-corrected chi connectivity index (χ3v) is 3.06. The van der Waals surface area contributed by atoms with Crippen molar-refractivity contribution >= 4 is 18.3 Å². The van der Waals surface area contributed by atoms with E-state index < -0.39 is 11.6 Å². The van der Waals surface area contributed by atoms with Crippen molar-refractivity contribution in [3.05, 3.63) is 35.4 Å². The molecule has 1 atom stereocenters. The number of hydrogen-bond donors (Lipinski definition) is 1. The molecule has 0 bridgehead atoms. The number of amides is 1. The minimum atomic E-state index is -0.908. The topological polar surface area (TPSA) is 32.3 Å². The number of nitrogens with zero attached hydrogens (tertiary/aromatic N) is 1. The van der Waals surface area contributed by atoms with Crippen LogP contribution in [0.4, 0.5) is 8.78 Å². The van der Waals surface area contributed by atoms with Gasteiger partial charge in [-0.3, -0.25) is 4.79 Å². The first kappa shape index (κ1) is 15.9. The summed E-state index contributed by atoms with van der Waals surface area (Å²) >= 11 is 0. The van der Waals surface area contributed by atoms with Gasteiger partial charge in [-0.2, -0.15) is 0 Å². The molecule has 1 fully saturated rings. The molecule has 1 saturated heterocycles. The number of nitrogens with one attached hydrogen (secondary N) is 1. The highest BCUT2D eigenvalue weighted by atomic mass is 35.5. The minimum Gasteiger partial charge on any atom is -0.340 e. The Morgan fingerprint density at radius 2 is 2.16 bits per heavy atom. The predicted molar refractivity (Wildman–Crippen MR) is 71.4 cm³/mol. The number of piperazine rings is 1. The number of carbonyl (C=O) groups excluding carboxylic acids is 1. The second-order valence-corrected chi connectivity index (χ2v) is 4.62. The van der Waals surface area contributed by atoms with Crippen LogP contribution in [0.5, 0.6) is 0 Å². The summed E-state index contributed by atoms with van der Waals surface area (Å²) in [6.45, 7) is 4.09. The van der Waals surface area contributed by atoms with Crippen LogP contribution in [0, 0.1) is 11.6 Å². The molecular weight excluding hydrogens is 274 g/mol. The molecule has 3 nitrogen and oxygen atoms in total. The van der Waals surface area contributed by atoms with E-state index in [1.165, 1.54) is 6.07 Å². The summed E-state index contributed by atoms with van der Waals surface area (Å²) in [5.74, 6) is -1.84. The fraction of sp³-hybridized carbons (Fsp3) is 0.462. The van der Waals surface area contributed by atoms with Crippen LogP contribution in [-0.4, -0.2) is 36.5 Å². The summed E-state index contributed by atoms with van der Waals surface area (Å²) in [5.41, 5.74) is 0.505. The van der Waals surface area contributed by atoms with Crippen LogP contribution in [-0.2, 0) is 11.2 Å². The zero-order valence-electron chi connectivity index (χ0n) is 10.7. The largest absolute Gasteiger partial charge is 0.340 e. The van der Waals surface area contributed by atoms with Gasteiger partial charge in [0.2, 0.25) is 5.91 Å². The molecule has 0 radical (unpaired) electrons. The fourth-order valence-corrected chi connectivity index (χ4v) is 2.09. The van der Waals surface area contributed by atoms with Crippen molar-refractivity contribution in [3.63, 3.8) is 0 Å². The summed E-state index contributed by atoms with van der Waals surface area (Å²) in [7, 11) is 0. The average molecular weight is 291 g/mol. The lowest BCUT2D eigenvalue weighted by atomic mass is 10.1. The molecule has 1 heterocycles. The van der Waals surface area contributed by atoms with E-state index in [-0.39, 0.29) is 30.8 Å². The maximum atomic E-state index is 13.0. The number of benzene rings is 1. The molecule has 1 aromatic rings. The van der Waals surface area contributed by atoms with Crippen LogP contribution in [0.3, 0.4) is 0 Å². The van der Waals surface area contributed by atoms with Gasteiger partial charge in [-0.1, -0.05) is 6.07 Å². The number of rotatable bonds is 2. The summed E-state index contributed by atoms with van der Waals surface area (Å²) in [4.78, 5) is 13.7. The van der Waals surface area contributed by atoms with E-state index in [9.17, 15) is 13.6 Å². The summed E-state index contributed by atoms with van der Waals surface area (Å²) in [6, 6.07) is 3.85. The molecule has 1 aromatic carbocycles. The molecule has 1 aliphatic rings. The molecule has 19 heavy (non-hydrogen) atoms. The first-order valence-corrected chi connectivity index (χ1v) is 6.01. The average Bonchev–Trinajstić information content (AvgIpc) is 2.34. The minimum absolute atomic E-state index is 0. The molecule has 0 saturated carbocycles. The van der Waals surface area contributed by atoms with E-state index >= 15 is 0 Å². The van der Waals surface area contributed by atoms with Crippen molar-refractivity contribution in [2.24, 2.45) is 0 Å². The smallest absolute Gasteiger partial charge is 0.227 e. The number of carbonyl (C=O) groups is 1. The van der Waals surface area contributed by atoms with E-state index in [4.69, 9.17) is 0 Å². The van der Waals surface area contributed by atoms with Gasteiger partial charge >= 0.3 is 0 Å². The SMILES string of the molecule is C[C@H]1CN(C(=O)Cc2ccc(F)c(F)c2)CCN1.Cl. The van der Waals surface area contributed by atoms with Crippen LogP contribution < -0.4 is 5.32 Å². The fourth-order valence-electron chi connectivity index (χ4n) is 2.09. The molecule has 0 aromatic heterocycles. The third kappa shape index (κ3) is 4.14. The Labute approximate surface area is 117 Å². The Balaban J connectivity index is 0.00000180. The highest BCUT2D eigenvalue weighted by molar-refractivity contribution is 5.85. The van der Waals surface area contributed by atoms with Crippen molar-refractivity contribution in [1.82, 2.24) is 10.2 Å². The maximum Gasteiger partial charge on any atom is 0.227 e. The highest BCUT2D eigenvalue weighted by Gasteiger charge is 2.20. The van der Waals surface area contributed by atoms with Gasteiger partial charge in [0.1, 0.15) is 0 Å². The summed E-state index contributed by atoms with van der Waals surface area (Å²) in [6.07, 6.45) is 0.115. The summed E-state index contributed by atoms with van der Waals surface area (Å²) < 4.78 is 25.8. The molecule has 0 unspecified atom stereocenters. The number of halogens is 3. The van der Waals surface area contributed by atoms with Crippen molar-refractivity contribution < 1.29 is 13.6 Å². The Kier molecular flexibility index (Phi) is 5.69. The molecule has 2 rings (SSSR count). The van der Waals surface area contributed by atoms with E-state index in [2.05, 4.69) is 5.32 Å². The van der Waals surface area contributed by atoms with Crippen molar-refractivity contribution in [1.29, 1.82) is 0 Å². The van der Waals surface area contributed by atoms with Gasteiger partial charge in [0.25, 0.3) is 0 Å². The van der Waals surface area contributed by atoms with Crippen molar-refractivity contribution in [2.75, 3.05) is 19.6 Å². The second-order valence-electron chi connectivity index (χ2n) is 4.62. The van der Waals surface area contributed by atoms with E-state index in [1.807, 2.05) is 6.92 Å². The normalized spacial score (nSPS) is 18.9. The van der Waals surface area contributed by atoms with Gasteiger partial charge in [0.15, 0.2) is 11.6 Å². The molecule has 1 amide bonds. The van der Waals surface area contributed by atoms with Crippen LogP contribution in [0.25, 0.3) is 0 Å². The lowest BCUT2D eigenvalue weighted by Crippen LogP contribution is -2.51. The zero-order chi connectivity index (χ0) is 13.1. The van der Waals surface area contributed by atoms with Gasteiger partial charge in [-0.05, 0) is 24.6 Å². The quantitative estimate of drug-likeness (QED) is 0.900. The standard InChI is InChI=1S/C13H16F2N2O.ClH/c1-9-8-17(5-4-16-9)13(18)7-10-2-3-11(14)12(15)6-10;/h2-3,6,9,16H,4-5,7-8H2,1H3;1H/t9-;/m0./s1. The first-order chi connectivity index (χ1) is 8.56. The first-order valence-electron chi connectivity index (χ1n) is 6.01. The molecule has 0 aliphatic carbocycles. The lowest BCUT2D eigenvalue weighted by Gasteiger charge is -2.32. The maximum absolute atomic E-state index is 13.0. The van der Waals surface area contributed by atoms with Crippen molar-refractivity contribution in [3.8, 4) is 0 Å². The van der Waals surface area contributed by atoms with Crippen LogP contribution in [0.1, 0.15) is 12.5 Å². The van der Waals surface area contributed by atoms with Gasteiger partial charge in [-0.25, -0.2) is 8.78 Å². The zero-order valence-corrected chi connectivity index (χ0v) is 11.5. The third-order valence-electron chi connectivity index (χ3n) is 3.06. The summed E-state index contributed by atoms with van der Waals surface area (Å²) in [5, 5.41) is 3.24. The number of hydrogen-bond acceptors (Lipinski definition) is 2. The molecule has 1 aliphatic heterocycles. The van der Waals surface area contributed by atoms with Gasteiger partial charge in [-0.15, -0.1) is 12.4 Å². The van der Waals surface area contributed by atoms with Gasteiger partial charge < -0.3 is 10.2 Å². The second kappa shape index (κ2) is 6.82. The Morgan fingerprint density at radius 1 is 1.42 bits per heavy atom. The predicted octanol–water partition coefficient (Wildman–Crippen LogP) is 1.75. The Bertz CT molecular complexity index is 456. The highest BCUT2D eigenvalue weighted by Crippen LogP contribution is 2.11. The molecular formula is C13H17ClF2N2O. The van der Waals surface area contributed by atoms with E-state index in [1.54, 1.807) is 4.90 Å². The van der Waals surface area contributed by atoms with E-state index in [0.29, 0.717) is 18.7 Å². The monoisotopic (exact) mass is 290 g/mol. The van der Waals surface area contributed by atoms with Crippen LogP contribution >= 0.6 is 12.4 Å². The molecule has 6 heteroatoms. The van der Waals surface area contributed by atoms with E-state index in [0.717, 1.165) is 18.7 Å². The van der Waals surface area contributed by atoms with Crippen LogP contribution in [0.15, 0.2) is 18.2 Å². The Morgan fingerprint density at radius 3 is 2.79 bits per heavy atom. The lowest BCUT2D eigenvalue weighted by molar-refractivity contribution is -0.131. The van der Waals surface area contributed by atoms with Gasteiger partial charge in [0, 0.05) is 25.7 Å². The molecule has 1 N–H and O–H groups in total.